The van der Waals surface area contributed by atoms with Crippen LogP contribution in [0.4, 0.5) is 13.2 Å². The van der Waals surface area contributed by atoms with Gasteiger partial charge in [0.2, 0.25) is 5.91 Å². The van der Waals surface area contributed by atoms with Crippen LogP contribution >= 0.6 is 0 Å². The minimum Gasteiger partial charge on any atom is -0.445 e. The van der Waals surface area contributed by atoms with Gasteiger partial charge < -0.3 is 20.7 Å². The Hall–Kier alpha value is -3.13. The molecule has 186 valence electrons. The average Bonchev–Trinajstić information content (AvgIpc) is 3.30. The molecule has 1 saturated heterocycles. The number of ether oxygens (including phenoxy) is 1. The highest BCUT2D eigenvalue weighted by Crippen LogP contribution is 2.21. The van der Waals surface area contributed by atoms with Crippen LogP contribution in [0.2, 0.25) is 0 Å². The monoisotopic (exact) mass is 482 g/mol. The summed E-state index contributed by atoms with van der Waals surface area (Å²) in [5, 5.41) is 11.1. The van der Waals surface area contributed by atoms with Crippen LogP contribution in [0.1, 0.15) is 44.1 Å². The van der Waals surface area contributed by atoms with Crippen LogP contribution in [0.3, 0.4) is 0 Å². The van der Waals surface area contributed by atoms with Crippen molar-refractivity contribution in [2.75, 3.05) is 13.1 Å². The molecule has 1 heterocycles. The van der Waals surface area contributed by atoms with Gasteiger partial charge in [0.05, 0.1) is 6.04 Å². The second-order valence-electron chi connectivity index (χ2n) is 8.12. The summed E-state index contributed by atoms with van der Waals surface area (Å²) in [6.45, 7) is 0.144. The third-order valence-electron chi connectivity index (χ3n) is 5.55. The highest BCUT2D eigenvalue weighted by atomic mass is 19.4. The molecule has 0 aliphatic carbocycles. The maximum Gasteiger partial charge on any atom is 0.471 e. The minimum absolute atomic E-state index is 0.184. The Morgan fingerprint density at radius 1 is 1.21 bits per heavy atom. The van der Waals surface area contributed by atoms with E-state index in [0.29, 0.717) is 38.6 Å². The molecule has 8 nitrogen and oxygen atoms in total. The molecular formula is C23H29F3N4O4. The number of likely N-dealkylation sites (tertiary alicyclic amines) is 1. The topological polar surface area (TPSA) is 126 Å². The Kier molecular flexibility index (Phi) is 10.3. The number of amides is 2. The normalized spacial score (nSPS) is 17.5. The van der Waals surface area contributed by atoms with E-state index in [-0.39, 0.29) is 19.4 Å². The molecule has 1 aromatic carbocycles. The number of aryl methyl sites for hydroxylation is 1. The van der Waals surface area contributed by atoms with Crippen LogP contribution in [-0.4, -0.2) is 60.1 Å². The van der Waals surface area contributed by atoms with Crippen molar-refractivity contribution in [1.82, 2.24) is 10.2 Å². The molecule has 2 rings (SSSR count). The van der Waals surface area contributed by atoms with E-state index in [2.05, 4.69) is 0 Å². The predicted molar refractivity (Wildman–Crippen MR) is 116 cm³/mol. The molecule has 0 radical (unpaired) electrons. The number of carbonyl (C=O) groups is 3. The van der Waals surface area contributed by atoms with E-state index in [1.807, 2.05) is 36.4 Å². The number of halogens is 3. The second-order valence-corrected chi connectivity index (χ2v) is 8.12. The molecule has 1 aliphatic rings. The Labute approximate surface area is 196 Å². The van der Waals surface area contributed by atoms with Gasteiger partial charge in [-0.05, 0) is 44.1 Å². The average molecular weight is 483 g/mol. The number of hydrogen-bond acceptors (Lipinski definition) is 6. The van der Waals surface area contributed by atoms with Crippen LogP contribution in [0.25, 0.3) is 0 Å². The first-order chi connectivity index (χ1) is 16.1. The highest BCUT2D eigenvalue weighted by Gasteiger charge is 2.39. The van der Waals surface area contributed by atoms with Crippen molar-refractivity contribution in [2.24, 2.45) is 5.73 Å². The number of benzene rings is 1. The molecule has 1 aromatic rings. The standard InChI is InChI=1S/C23H29F3N4O4/c24-23(25,26)22(33)29-13-5-4-9-18(28)20(31)30-14-6-10-19(30)21(32)34-17(15-27)12-11-16-7-2-1-3-8-16/h1-3,7-8,17-19H,4-6,9-14,28H2,(H,29,33)/t17-,18-,19-/m0/s1. The maximum atomic E-state index is 12.7. The minimum atomic E-state index is -4.93. The van der Waals surface area contributed by atoms with Gasteiger partial charge in [0.15, 0.2) is 6.10 Å². The van der Waals surface area contributed by atoms with Gasteiger partial charge in [-0.25, -0.2) is 4.79 Å². The number of nitrogens with two attached hydrogens (primary N) is 1. The fraction of sp³-hybridized carbons (Fsp3) is 0.565. The van der Waals surface area contributed by atoms with Crippen LogP contribution in [0, 0.1) is 11.3 Å². The zero-order chi connectivity index (χ0) is 25.1. The predicted octanol–water partition coefficient (Wildman–Crippen LogP) is 2.22. The third-order valence-corrected chi connectivity index (χ3v) is 5.55. The molecule has 1 aliphatic heterocycles. The molecule has 3 N–H and O–H groups in total. The Bertz CT molecular complexity index is 873. The fourth-order valence-corrected chi connectivity index (χ4v) is 3.71. The summed E-state index contributed by atoms with van der Waals surface area (Å²) in [6.07, 6.45) is -3.25. The first kappa shape index (κ1) is 27.1. The van der Waals surface area contributed by atoms with Crippen LogP contribution in [0.15, 0.2) is 30.3 Å². The van der Waals surface area contributed by atoms with E-state index in [0.717, 1.165) is 5.56 Å². The lowest BCUT2D eigenvalue weighted by atomic mass is 10.1. The molecule has 0 aromatic heterocycles. The second kappa shape index (κ2) is 12.9. The van der Waals surface area contributed by atoms with Crippen molar-refractivity contribution in [1.29, 1.82) is 5.26 Å². The summed E-state index contributed by atoms with van der Waals surface area (Å²) in [7, 11) is 0. The molecule has 0 bridgehead atoms. The van der Waals surface area contributed by atoms with Gasteiger partial charge in [-0.2, -0.15) is 18.4 Å². The molecule has 2 amide bonds. The number of unbranched alkanes of at least 4 members (excludes halogenated alkanes) is 1. The zero-order valence-corrected chi connectivity index (χ0v) is 18.7. The van der Waals surface area contributed by atoms with Crippen molar-refractivity contribution in [3.05, 3.63) is 35.9 Å². The number of nitrogens with one attached hydrogen (secondary N) is 1. The maximum absolute atomic E-state index is 12.7. The van der Waals surface area contributed by atoms with Gasteiger partial charge in [-0.1, -0.05) is 30.3 Å². The van der Waals surface area contributed by atoms with Crippen molar-refractivity contribution in [3.8, 4) is 6.07 Å². The Balaban J connectivity index is 1.78. The van der Waals surface area contributed by atoms with E-state index in [1.165, 1.54) is 4.90 Å². The van der Waals surface area contributed by atoms with Crippen molar-refractivity contribution >= 4 is 17.8 Å². The third kappa shape index (κ3) is 8.33. The summed E-state index contributed by atoms with van der Waals surface area (Å²) >= 11 is 0. The van der Waals surface area contributed by atoms with E-state index in [1.54, 1.807) is 5.32 Å². The molecule has 34 heavy (non-hydrogen) atoms. The van der Waals surface area contributed by atoms with Gasteiger partial charge >= 0.3 is 18.1 Å². The van der Waals surface area contributed by atoms with Crippen molar-refractivity contribution in [3.63, 3.8) is 0 Å². The largest absolute Gasteiger partial charge is 0.471 e. The number of carbonyl (C=O) groups excluding carboxylic acids is 3. The smallest absolute Gasteiger partial charge is 0.445 e. The van der Waals surface area contributed by atoms with Crippen molar-refractivity contribution in [2.45, 2.75) is 69.3 Å². The van der Waals surface area contributed by atoms with Crippen molar-refractivity contribution < 1.29 is 32.3 Å². The van der Waals surface area contributed by atoms with E-state index in [4.69, 9.17) is 10.5 Å². The summed E-state index contributed by atoms with van der Waals surface area (Å²) in [6, 6.07) is 9.70. The first-order valence-corrected chi connectivity index (χ1v) is 11.2. The molecule has 1 fully saturated rings. The summed E-state index contributed by atoms with van der Waals surface area (Å²) in [4.78, 5) is 37.5. The Morgan fingerprint density at radius 3 is 2.56 bits per heavy atom. The fourth-order valence-electron chi connectivity index (χ4n) is 3.71. The van der Waals surface area contributed by atoms with E-state index >= 15 is 0 Å². The van der Waals surface area contributed by atoms with Crippen LogP contribution < -0.4 is 11.1 Å². The van der Waals surface area contributed by atoms with Gasteiger partial charge in [0.25, 0.3) is 0 Å². The lowest BCUT2D eigenvalue weighted by molar-refractivity contribution is -0.173. The SMILES string of the molecule is N#C[C@H](CCc1ccccc1)OC(=O)[C@@H]1CCCN1C(=O)[C@@H](N)CCCCNC(=O)C(F)(F)F. The molecule has 3 atom stereocenters. The summed E-state index contributed by atoms with van der Waals surface area (Å²) < 4.78 is 41.8. The van der Waals surface area contributed by atoms with Gasteiger partial charge in [0, 0.05) is 19.5 Å². The van der Waals surface area contributed by atoms with E-state index in [9.17, 15) is 32.8 Å². The van der Waals surface area contributed by atoms with Crippen LogP contribution in [0.5, 0.6) is 0 Å². The summed E-state index contributed by atoms with van der Waals surface area (Å²) in [5.74, 6) is -3.10. The highest BCUT2D eigenvalue weighted by molar-refractivity contribution is 5.88. The molecular weight excluding hydrogens is 453 g/mol. The number of nitrogens with zero attached hydrogens (tertiary/aromatic N) is 2. The summed E-state index contributed by atoms with van der Waals surface area (Å²) in [5.41, 5.74) is 6.96. The Morgan fingerprint density at radius 2 is 1.91 bits per heavy atom. The van der Waals surface area contributed by atoms with Crippen LogP contribution in [-0.2, 0) is 25.5 Å². The number of esters is 1. The molecule has 0 spiro atoms. The molecule has 0 saturated carbocycles. The molecule has 0 unspecified atom stereocenters. The zero-order valence-electron chi connectivity index (χ0n) is 18.7. The number of rotatable bonds is 11. The number of alkyl halides is 3. The van der Waals surface area contributed by atoms with E-state index < -0.39 is 42.1 Å². The lowest BCUT2D eigenvalue weighted by Gasteiger charge is -2.26. The quantitative estimate of drug-likeness (QED) is 0.368. The number of nitriles is 1. The number of hydrogen-bond donors (Lipinski definition) is 2. The lowest BCUT2D eigenvalue weighted by Crippen LogP contribution is -2.49. The van der Waals surface area contributed by atoms with Gasteiger partial charge in [-0.15, -0.1) is 0 Å². The van der Waals surface area contributed by atoms with Gasteiger partial charge in [0.1, 0.15) is 12.1 Å². The van der Waals surface area contributed by atoms with Gasteiger partial charge in [-0.3, -0.25) is 9.59 Å². The first-order valence-electron chi connectivity index (χ1n) is 11.2. The molecule has 11 heteroatoms.